The molecule has 5 aromatic rings. The van der Waals surface area contributed by atoms with E-state index in [4.69, 9.17) is 36.8 Å². The third-order valence-electron chi connectivity index (χ3n) is 6.25. The smallest absolute Gasteiger partial charge is 0.456 e. The van der Waals surface area contributed by atoms with Crippen molar-refractivity contribution in [3.05, 3.63) is 102 Å². The molecule has 1 amide bonds. The van der Waals surface area contributed by atoms with Crippen molar-refractivity contribution in [2.75, 3.05) is 4.72 Å². The Balaban J connectivity index is 1.46. The van der Waals surface area contributed by atoms with Crippen LogP contribution in [0.3, 0.4) is 0 Å². The lowest BCUT2D eigenvalue weighted by Crippen LogP contribution is -2.43. The Bertz CT molecular complexity index is 2120. The van der Waals surface area contributed by atoms with Gasteiger partial charge in [0, 0.05) is 12.6 Å². The molecule has 0 aliphatic heterocycles. The van der Waals surface area contributed by atoms with Gasteiger partial charge in [0.2, 0.25) is 0 Å². The van der Waals surface area contributed by atoms with Crippen LogP contribution in [0.5, 0.6) is 0 Å². The number of carbonyl (C=O) groups excluding carboxylic acids is 2. The SMILES string of the molecule is Cc1oc(=O)oc1COC(=O)C(Cc1ccc(F)c(Br)c1)NC(=O)c1cc(Cl)c(Cl)cc1NS(=O)(=O)c1nccc2sncc12. The molecule has 3 aromatic heterocycles. The number of amides is 1. The van der Waals surface area contributed by atoms with E-state index >= 15 is 0 Å². The van der Waals surface area contributed by atoms with E-state index in [1.807, 2.05) is 0 Å². The number of benzene rings is 2. The minimum Gasteiger partial charge on any atom is -0.456 e. The van der Waals surface area contributed by atoms with Gasteiger partial charge < -0.3 is 18.9 Å². The standard InChI is InChI=1S/C27H18BrCl2FN4O8S2/c1-12-22(43-27(38)42-12)11-41-26(37)21(7-13-2-3-19(31)16(28)6-13)34-24(36)14-8-17(29)18(30)9-20(14)35-45(39,40)25-15-10-33-44-23(15)4-5-32-25/h2-6,8-10,21,35H,7,11H2,1H3,(H,34,36). The van der Waals surface area contributed by atoms with Gasteiger partial charge in [-0.3, -0.25) is 9.52 Å². The highest BCUT2D eigenvalue weighted by molar-refractivity contribution is 9.10. The van der Waals surface area contributed by atoms with E-state index in [1.54, 1.807) is 6.07 Å². The second-order valence-corrected chi connectivity index (χ2v) is 13.4. The summed E-state index contributed by atoms with van der Waals surface area (Å²) in [5.74, 6) is -3.40. The predicted molar refractivity (Wildman–Crippen MR) is 166 cm³/mol. The van der Waals surface area contributed by atoms with Gasteiger partial charge in [0.05, 0.1) is 42.1 Å². The molecule has 45 heavy (non-hydrogen) atoms. The fraction of sp³-hybridized carbons (Fsp3) is 0.148. The summed E-state index contributed by atoms with van der Waals surface area (Å²) in [6, 6.07) is 6.43. The fourth-order valence-electron chi connectivity index (χ4n) is 4.07. The second-order valence-electron chi connectivity index (χ2n) is 9.29. The first-order chi connectivity index (χ1) is 21.3. The lowest BCUT2D eigenvalue weighted by molar-refractivity contribution is -0.147. The van der Waals surface area contributed by atoms with E-state index in [9.17, 15) is 27.2 Å². The molecular weight excluding hydrogens is 742 g/mol. The summed E-state index contributed by atoms with van der Waals surface area (Å²) < 4.78 is 62.6. The number of nitrogens with zero attached hydrogens (tertiary/aromatic N) is 2. The number of hydrogen-bond donors (Lipinski definition) is 2. The number of nitrogens with one attached hydrogen (secondary N) is 2. The molecule has 0 spiro atoms. The molecule has 3 heterocycles. The van der Waals surface area contributed by atoms with Gasteiger partial charge in [-0.1, -0.05) is 29.3 Å². The van der Waals surface area contributed by atoms with Crippen LogP contribution in [0.4, 0.5) is 10.1 Å². The number of sulfonamides is 1. The highest BCUT2D eigenvalue weighted by Gasteiger charge is 2.28. The number of ether oxygens (including phenoxy) is 1. The Hall–Kier alpha value is -3.83. The number of fused-ring (bicyclic) bond motifs is 1. The molecule has 12 nitrogen and oxygen atoms in total. The van der Waals surface area contributed by atoms with E-state index in [0.29, 0.717) is 10.3 Å². The number of rotatable bonds is 10. The fourth-order valence-corrected chi connectivity index (χ4v) is 6.74. The number of halogens is 4. The molecule has 1 unspecified atom stereocenters. The van der Waals surface area contributed by atoms with Crippen molar-refractivity contribution in [1.29, 1.82) is 0 Å². The summed E-state index contributed by atoms with van der Waals surface area (Å²) in [4.78, 5) is 42.2. The summed E-state index contributed by atoms with van der Waals surface area (Å²) in [6.07, 6.45) is 2.47. The van der Waals surface area contributed by atoms with Gasteiger partial charge in [0.1, 0.15) is 11.9 Å². The first-order valence-electron chi connectivity index (χ1n) is 12.5. The van der Waals surface area contributed by atoms with E-state index < -0.39 is 46.2 Å². The number of aryl methyl sites for hydroxylation is 1. The molecule has 2 aromatic carbocycles. The molecule has 0 aliphatic carbocycles. The molecule has 0 bridgehead atoms. The van der Waals surface area contributed by atoms with Crippen molar-refractivity contribution in [2.24, 2.45) is 0 Å². The van der Waals surface area contributed by atoms with Crippen LogP contribution in [0, 0.1) is 12.7 Å². The molecule has 18 heteroatoms. The lowest BCUT2D eigenvalue weighted by atomic mass is 10.0. The van der Waals surface area contributed by atoms with Gasteiger partial charge in [-0.05, 0) is 70.3 Å². The Labute approximate surface area is 275 Å². The van der Waals surface area contributed by atoms with Gasteiger partial charge in [-0.15, -0.1) is 0 Å². The molecule has 0 radical (unpaired) electrons. The van der Waals surface area contributed by atoms with Gasteiger partial charge in [0.25, 0.3) is 15.9 Å². The van der Waals surface area contributed by atoms with E-state index in [2.05, 4.69) is 35.3 Å². The van der Waals surface area contributed by atoms with Gasteiger partial charge >= 0.3 is 11.8 Å². The molecule has 2 N–H and O–H groups in total. The second kappa shape index (κ2) is 13.3. The average molecular weight is 760 g/mol. The maximum absolute atomic E-state index is 13.9. The Morgan fingerprint density at radius 3 is 2.62 bits per heavy atom. The normalized spacial score (nSPS) is 12.2. The topological polar surface area (TPSA) is 171 Å². The maximum atomic E-state index is 13.9. The van der Waals surface area contributed by atoms with Crippen LogP contribution in [0.15, 0.2) is 71.9 Å². The van der Waals surface area contributed by atoms with Gasteiger partial charge in [-0.2, -0.15) is 12.8 Å². The predicted octanol–water partition coefficient (Wildman–Crippen LogP) is 5.64. The van der Waals surface area contributed by atoms with E-state index in [-0.39, 0.29) is 54.1 Å². The lowest BCUT2D eigenvalue weighted by Gasteiger charge is -2.20. The van der Waals surface area contributed by atoms with E-state index in [0.717, 1.165) is 29.7 Å². The summed E-state index contributed by atoms with van der Waals surface area (Å²) >= 11 is 16.5. The number of aromatic nitrogens is 2. The van der Waals surface area contributed by atoms with Crippen LogP contribution in [0.25, 0.3) is 10.1 Å². The van der Waals surface area contributed by atoms with Crippen molar-refractivity contribution >= 4 is 88.3 Å². The Morgan fingerprint density at radius 2 is 1.91 bits per heavy atom. The highest BCUT2D eigenvalue weighted by atomic mass is 79.9. The summed E-state index contributed by atoms with van der Waals surface area (Å²) in [5, 5.41) is 2.28. The molecule has 0 fully saturated rings. The number of carbonyl (C=O) groups is 2. The largest absolute Gasteiger partial charge is 0.519 e. The van der Waals surface area contributed by atoms with E-state index in [1.165, 1.54) is 31.5 Å². The highest BCUT2D eigenvalue weighted by Crippen LogP contribution is 2.32. The zero-order valence-electron chi connectivity index (χ0n) is 22.6. The van der Waals surface area contributed by atoms with Crippen LogP contribution in [-0.2, 0) is 32.6 Å². The monoisotopic (exact) mass is 758 g/mol. The van der Waals surface area contributed by atoms with Crippen molar-refractivity contribution in [3.63, 3.8) is 0 Å². The summed E-state index contributed by atoms with van der Waals surface area (Å²) in [7, 11) is -4.39. The first-order valence-corrected chi connectivity index (χ1v) is 16.3. The van der Waals surface area contributed by atoms with Crippen molar-refractivity contribution in [1.82, 2.24) is 14.7 Å². The van der Waals surface area contributed by atoms with Gasteiger partial charge in [-0.25, -0.2) is 19.0 Å². The average Bonchev–Trinajstić information content (AvgIpc) is 3.59. The first kappa shape index (κ1) is 32.6. The van der Waals surface area contributed by atoms with Crippen LogP contribution in [0.1, 0.15) is 27.4 Å². The number of esters is 1. The number of hydrogen-bond acceptors (Lipinski definition) is 11. The molecule has 1 atom stereocenters. The van der Waals surface area contributed by atoms with Crippen LogP contribution < -0.4 is 15.9 Å². The zero-order chi connectivity index (χ0) is 32.5. The summed E-state index contributed by atoms with van der Waals surface area (Å²) in [6.45, 7) is 0.935. The van der Waals surface area contributed by atoms with Crippen molar-refractivity contribution in [2.45, 2.75) is 31.0 Å². The van der Waals surface area contributed by atoms with Crippen LogP contribution in [-0.4, -0.2) is 35.7 Å². The molecule has 0 saturated heterocycles. The molecule has 0 aliphatic rings. The van der Waals surface area contributed by atoms with Gasteiger partial charge in [0.15, 0.2) is 23.2 Å². The molecular formula is C27H18BrCl2FN4O8S2. The Kier molecular flexibility index (Phi) is 9.60. The van der Waals surface area contributed by atoms with Crippen molar-refractivity contribution < 1.29 is 36.0 Å². The van der Waals surface area contributed by atoms with Crippen LogP contribution >= 0.6 is 50.7 Å². The molecule has 0 saturated carbocycles. The van der Waals surface area contributed by atoms with Crippen molar-refractivity contribution in [3.8, 4) is 0 Å². The molecule has 234 valence electrons. The quantitative estimate of drug-likeness (QED) is 0.170. The minimum absolute atomic E-state index is 0.0476. The third kappa shape index (κ3) is 7.36. The maximum Gasteiger partial charge on any atom is 0.519 e. The number of anilines is 1. The van der Waals surface area contributed by atoms with Crippen LogP contribution in [0.2, 0.25) is 10.0 Å². The minimum atomic E-state index is -4.39. The number of pyridine rings is 1. The summed E-state index contributed by atoms with van der Waals surface area (Å²) in [5.41, 5.74) is -0.134. The zero-order valence-corrected chi connectivity index (χ0v) is 27.3. The third-order valence-corrected chi connectivity index (χ3v) is 9.66. The Morgan fingerprint density at radius 1 is 1.16 bits per heavy atom. The molecule has 5 rings (SSSR count).